The molecule has 4 aromatic rings. The SMILES string of the molecule is C[C@@H](Nc1c(C#N)cnc2c(Cl)cc(N[C@H](C3=CN(C4CCN(C(C)(C)C)CC4)NN3)c3ccccc3)cc12)c1ccccc1F. The number of halogens is 2. The molecule has 3 aromatic carbocycles. The molecule has 0 aliphatic carbocycles. The molecule has 2 atom stereocenters. The van der Waals surface area contributed by atoms with Gasteiger partial charge >= 0.3 is 0 Å². The second kappa shape index (κ2) is 13.2. The van der Waals surface area contributed by atoms with Crippen LogP contribution in [-0.2, 0) is 0 Å². The van der Waals surface area contributed by atoms with Crippen molar-refractivity contribution in [1.82, 2.24) is 25.9 Å². The van der Waals surface area contributed by atoms with Crippen LogP contribution in [0.3, 0.4) is 0 Å². The lowest BCUT2D eigenvalue weighted by Gasteiger charge is -2.42. The number of nitriles is 1. The van der Waals surface area contributed by atoms with Crippen LogP contribution < -0.4 is 21.6 Å². The van der Waals surface area contributed by atoms with Gasteiger partial charge in [-0.3, -0.25) is 14.9 Å². The maximum atomic E-state index is 14.7. The Bertz CT molecular complexity index is 1770. The smallest absolute Gasteiger partial charge is 0.128 e. The predicted octanol–water partition coefficient (Wildman–Crippen LogP) is 7.65. The van der Waals surface area contributed by atoms with E-state index in [-0.39, 0.29) is 17.4 Å². The Labute approximate surface area is 275 Å². The van der Waals surface area contributed by atoms with Crippen molar-refractivity contribution in [2.75, 3.05) is 23.7 Å². The Kier molecular flexibility index (Phi) is 9.05. The number of hydrogen-bond acceptors (Lipinski definition) is 8. The number of hydrogen-bond donors (Lipinski definition) is 4. The van der Waals surface area contributed by atoms with Crippen molar-refractivity contribution in [1.29, 1.82) is 5.26 Å². The summed E-state index contributed by atoms with van der Waals surface area (Å²) in [5, 5.41) is 20.4. The van der Waals surface area contributed by atoms with Crippen LogP contribution >= 0.6 is 11.6 Å². The first kappa shape index (κ1) is 31.6. The van der Waals surface area contributed by atoms with E-state index in [1.54, 1.807) is 18.2 Å². The Morgan fingerprint density at radius 1 is 1.04 bits per heavy atom. The van der Waals surface area contributed by atoms with Gasteiger partial charge in [0.2, 0.25) is 0 Å². The number of nitrogens with zero attached hydrogens (tertiary/aromatic N) is 4. The number of anilines is 2. The molecule has 10 heteroatoms. The summed E-state index contributed by atoms with van der Waals surface area (Å²) < 4.78 is 14.7. The summed E-state index contributed by atoms with van der Waals surface area (Å²) in [5.41, 5.74) is 11.7. The molecule has 1 saturated heterocycles. The van der Waals surface area contributed by atoms with Gasteiger partial charge in [0.05, 0.1) is 39.6 Å². The molecule has 0 amide bonds. The number of pyridine rings is 1. The molecule has 8 nitrogen and oxygen atoms in total. The van der Waals surface area contributed by atoms with Crippen LogP contribution in [0.5, 0.6) is 0 Å². The van der Waals surface area contributed by atoms with Gasteiger partial charge in [0.25, 0.3) is 0 Å². The van der Waals surface area contributed by atoms with Gasteiger partial charge in [0.1, 0.15) is 11.9 Å². The zero-order valence-corrected chi connectivity index (χ0v) is 27.4. The van der Waals surface area contributed by atoms with Crippen LogP contribution in [0.1, 0.15) is 69.3 Å². The molecule has 0 spiro atoms. The lowest BCUT2D eigenvalue weighted by Crippen LogP contribution is -2.52. The van der Waals surface area contributed by atoms with Crippen LogP contribution in [0.25, 0.3) is 10.9 Å². The summed E-state index contributed by atoms with van der Waals surface area (Å²) >= 11 is 6.84. The summed E-state index contributed by atoms with van der Waals surface area (Å²) in [6.07, 6.45) is 5.79. The van der Waals surface area contributed by atoms with E-state index < -0.39 is 6.04 Å². The van der Waals surface area contributed by atoms with Crippen molar-refractivity contribution >= 4 is 33.9 Å². The molecule has 2 aliphatic heterocycles. The average molecular weight is 639 g/mol. The molecule has 3 heterocycles. The van der Waals surface area contributed by atoms with Crippen molar-refractivity contribution in [2.24, 2.45) is 0 Å². The highest BCUT2D eigenvalue weighted by Crippen LogP contribution is 2.37. The lowest BCUT2D eigenvalue weighted by molar-refractivity contribution is 0.0570. The zero-order valence-electron chi connectivity index (χ0n) is 26.6. The van der Waals surface area contributed by atoms with Gasteiger partial charge in [-0.25, -0.2) is 4.39 Å². The lowest BCUT2D eigenvalue weighted by atomic mass is 9.98. The molecular weight excluding hydrogens is 599 g/mol. The predicted molar refractivity (Wildman–Crippen MR) is 183 cm³/mol. The summed E-state index contributed by atoms with van der Waals surface area (Å²) in [7, 11) is 0. The zero-order chi connectivity index (χ0) is 32.4. The molecule has 1 aromatic heterocycles. The van der Waals surface area contributed by atoms with Crippen LogP contribution in [0, 0.1) is 17.1 Å². The van der Waals surface area contributed by atoms with E-state index in [0.29, 0.717) is 38.8 Å². The molecule has 1 fully saturated rings. The molecule has 0 bridgehead atoms. The van der Waals surface area contributed by atoms with Gasteiger partial charge in [-0.15, -0.1) is 5.53 Å². The Morgan fingerprint density at radius 3 is 2.46 bits per heavy atom. The minimum Gasteiger partial charge on any atom is -0.377 e. The highest BCUT2D eigenvalue weighted by Gasteiger charge is 2.32. The third-order valence-electron chi connectivity index (χ3n) is 8.95. The molecule has 46 heavy (non-hydrogen) atoms. The van der Waals surface area contributed by atoms with Crippen LogP contribution in [0.15, 0.2) is 84.8 Å². The number of likely N-dealkylation sites (tertiary alicyclic amines) is 1. The van der Waals surface area contributed by atoms with E-state index in [1.807, 2.05) is 37.3 Å². The largest absolute Gasteiger partial charge is 0.377 e. The van der Waals surface area contributed by atoms with Crippen molar-refractivity contribution in [3.63, 3.8) is 0 Å². The van der Waals surface area contributed by atoms with Gasteiger partial charge < -0.3 is 16.1 Å². The molecule has 4 N–H and O–H groups in total. The standard InChI is InChI=1S/C36H40ClFN8/c1-23(28-12-8-9-13-31(28)38)41-33-25(20-39)21-40-35-29(33)18-26(19-30(35)37)42-34(24-10-6-5-7-11-24)32-22-46(44-43-32)27-14-16-45(17-15-27)36(2,3)4/h5-13,18-19,21-23,27,34,42-44H,14-17H2,1-4H3,(H,40,41)/t23-,34+/m1/s1. The maximum Gasteiger partial charge on any atom is 0.128 e. The number of hydrazine groups is 2. The van der Waals surface area contributed by atoms with E-state index in [0.717, 1.165) is 42.9 Å². The van der Waals surface area contributed by atoms with Gasteiger partial charge in [0.15, 0.2) is 0 Å². The van der Waals surface area contributed by atoms with E-state index in [9.17, 15) is 9.65 Å². The van der Waals surface area contributed by atoms with Gasteiger partial charge in [-0.2, -0.15) is 5.26 Å². The number of rotatable bonds is 8. The Hall–Kier alpha value is -4.36. The Morgan fingerprint density at radius 2 is 1.76 bits per heavy atom. The first-order valence-corrected chi connectivity index (χ1v) is 16.1. The first-order valence-electron chi connectivity index (χ1n) is 15.7. The number of benzene rings is 3. The van der Waals surface area contributed by atoms with E-state index in [1.165, 1.54) is 12.3 Å². The number of nitrogens with one attached hydrogen (secondary N) is 4. The summed E-state index contributed by atoms with van der Waals surface area (Å²) in [6, 6.07) is 22.6. The second-order valence-corrected chi connectivity index (χ2v) is 13.4. The van der Waals surface area contributed by atoms with Crippen LogP contribution in [0.4, 0.5) is 15.8 Å². The molecule has 0 unspecified atom stereocenters. The van der Waals surface area contributed by atoms with Crippen molar-refractivity contribution in [3.8, 4) is 6.07 Å². The van der Waals surface area contributed by atoms with E-state index >= 15 is 0 Å². The highest BCUT2D eigenvalue weighted by atomic mass is 35.5. The molecule has 2 aliphatic rings. The van der Waals surface area contributed by atoms with Gasteiger partial charge in [-0.05, 0) is 64.3 Å². The summed E-state index contributed by atoms with van der Waals surface area (Å²) in [6.45, 7) is 10.8. The van der Waals surface area contributed by atoms with Crippen LogP contribution in [0.2, 0.25) is 5.02 Å². The summed E-state index contributed by atoms with van der Waals surface area (Å²) in [5.74, 6) is -0.315. The maximum absolute atomic E-state index is 14.7. The molecule has 6 rings (SSSR count). The fourth-order valence-electron chi connectivity index (χ4n) is 6.36. The second-order valence-electron chi connectivity index (χ2n) is 13.0. The molecular formula is C36H40ClFN8. The topological polar surface area (TPSA) is 91.3 Å². The fraction of sp³-hybridized carbons (Fsp3) is 0.333. The van der Waals surface area contributed by atoms with Crippen molar-refractivity contribution in [2.45, 2.75) is 64.2 Å². The Balaban J connectivity index is 1.32. The molecule has 238 valence electrons. The minimum absolute atomic E-state index is 0.167. The third-order valence-corrected chi connectivity index (χ3v) is 9.23. The number of aromatic nitrogens is 1. The normalized spacial score (nSPS) is 17.2. The van der Waals surface area contributed by atoms with Crippen LogP contribution in [-0.4, -0.2) is 39.6 Å². The van der Waals surface area contributed by atoms with Gasteiger partial charge in [0, 0.05) is 53.7 Å². The quantitative estimate of drug-likeness (QED) is 0.156. The van der Waals surface area contributed by atoms with Crippen molar-refractivity contribution in [3.05, 3.63) is 112 Å². The first-order chi connectivity index (χ1) is 22.1. The fourth-order valence-corrected chi connectivity index (χ4v) is 6.63. The highest BCUT2D eigenvalue weighted by molar-refractivity contribution is 6.35. The van der Waals surface area contributed by atoms with Gasteiger partial charge in [-0.1, -0.05) is 60.1 Å². The number of fused-ring (bicyclic) bond motifs is 1. The monoisotopic (exact) mass is 638 g/mol. The minimum atomic E-state index is -0.411. The average Bonchev–Trinajstić information content (AvgIpc) is 3.54. The van der Waals surface area contributed by atoms with E-state index in [4.69, 9.17) is 11.6 Å². The molecule has 0 saturated carbocycles. The van der Waals surface area contributed by atoms with Crippen molar-refractivity contribution < 1.29 is 4.39 Å². The molecule has 0 radical (unpaired) electrons. The summed E-state index contributed by atoms with van der Waals surface area (Å²) in [4.78, 5) is 7.05. The van der Waals surface area contributed by atoms with E-state index in [2.05, 4.69) is 81.7 Å². The number of piperidine rings is 1. The third kappa shape index (κ3) is 6.61.